The Hall–Kier alpha value is -2.38. The van der Waals surface area contributed by atoms with Crippen LogP contribution >= 0.6 is 0 Å². The van der Waals surface area contributed by atoms with Crippen LogP contribution in [0.25, 0.3) is 0 Å². The summed E-state index contributed by atoms with van der Waals surface area (Å²) in [5.74, 6) is 0.196. The van der Waals surface area contributed by atoms with E-state index in [2.05, 4.69) is 20.5 Å². The van der Waals surface area contributed by atoms with Crippen molar-refractivity contribution >= 4 is 5.82 Å². The van der Waals surface area contributed by atoms with Gasteiger partial charge in [-0.15, -0.1) is 0 Å². The van der Waals surface area contributed by atoms with E-state index in [1.807, 2.05) is 0 Å². The number of alkyl halides is 3. The molecule has 1 heterocycles. The molecule has 5 nitrogen and oxygen atoms in total. The highest BCUT2D eigenvalue weighted by molar-refractivity contribution is 5.33. The van der Waals surface area contributed by atoms with Crippen LogP contribution in [0, 0.1) is 0 Å². The molecule has 0 unspecified atom stereocenters. The fraction of sp³-hybridized carbons (Fsp3) is 0.182. The summed E-state index contributed by atoms with van der Waals surface area (Å²) in [5.41, 5.74) is -0.922. The predicted molar refractivity (Wildman–Crippen MR) is 61.4 cm³/mol. The van der Waals surface area contributed by atoms with E-state index in [9.17, 15) is 18.0 Å². The van der Waals surface area contributed by atoms with E-state index in [0.717, 1.165) is 12.1 Å². The lowest BCUT2D eigenvalue weighted by Gasteiger charge is -2.09. The summed E-state index contributed by atoms with van der Waals surface area (Å²) >= 11 is 0. The zero-order valence-corrected chi connectivity index (χ0v) is 9.53. The summed E-state index contributed by atoms with van der Waals surface area (Å²) in [6, 6.07) is 4.90. The van der Waals surface area contributed by atoms with Gasteiger partial charge in [-0.3, -0.25) is 0 Å². The third-order valence-electron chi connectivity index (χ3n) is 2.30. The summed E-state index contributed by atoms with van der Waals surface area (Å²) < 4.78 is 37.5. The van der Waals surface area contributed by atoms with Crippen LogP contribution in [0.1, 0.15) is 11.1 Å². The number of nitrogens with one attached hydrogen (secondary N) is 2. The molecule has 0 saturated carbocycles. The Bertz CT molecular complexity index is 624. The Balaban J connectivity index is 2.10. The largest absolute Gasteiger partial charge is 0.416 e. The number of halogens is 3. The first-order valence-corrected chi connectivity index (χ1v) is 5.27. The maximum Gasteiger partial charge on any atom is 0.416 e. The average molecular weight is 270 g/mol. The Morgan fingerprint density at radius 2 is 2.11 bits per heavy atom. The van der Waals surface area contributed by atoms with Crippen molar-refractivity contribution in [2.45, 2.75) is 12.7 Å². The van der Waals surface area contributed by atoms with E-state index in [-0.39, 0.29) is 12.4 Å². The molecule has 19 heavy (non-hydrogen) atoms. The first-order chi connectivity index (χ1) is 8.95. The van der Waals surface area contributed by atoms with Crippen molar-refractivity contribution in [2.75, 3.05) is 5.32 Å². The van der Waals surface area contributed by atoms with Crippen molar-refractivity contribution in [1.82, 2.24) is 15.2 Å². The van der Waals surface area contributed by atoms with Gasteiger partial charge in [0.2, 0.25) is 0 Å². The first kappa shape index (κ1) is 13.1. The second-order valence-electron chi connectivity index (χ2n) is 3.72. The Labute approximate surface area is 105 Å². The third kappa shape index (κ3) is 3.54. The van der Waals surface area contributed by atoms with Crippen LogP contribution in [0.3, 0.4) is 0 Å². The van der Waals surface area contributed by atoms with Crippen molar-refractivity contribution in [3.63, 3.8) is 0 Å². The average Bonchev–Trinajstić information content (AvgIpc) is 2.36. The van der Waals surface area contributed by atoms with Gasteiger partial charge in [0.15, 0.2) is 5.82 Å². The topological polar surface area (TPSA) is 70.7 Å². The number of benzene rings is 1. The third-order valence-corrected chi connectivity index (χ3v) is 2.30. The quantitative estimate of drug-likeness (QED) is 0.892. The molecule has 0 radical (unpaired) electrons. The fourth-order valence-corrected chi connectivity index (χ4v) is 1.45. The molecule has 1 aromatic carbocycles. The van der Waals surface area contributed by atoms with E-state index in [1.54, 1.807) is 6.07 Å². The second kappa shape index (κ2) is 5.09. The van der Waals surface area contributed by atoms with E-state index in [4.69, 9.17) is 0 Å². The SMILES string of the molecule is O=c1nc(NCc2cccc(C(F)(F)F)c2)cn[nH]1. The molecule has 0 spiro atoms. The molecule has 0 amide bonds. The Morgan fingerprint density at radius 3 is 2.79 bits per heavy atom. The smallest absolute Gasteiger partial charge is 0.364 e. The molecule has 8 heteroatoms. The number of hydrogen-bond acceptors (Lipinski definition) is 4. The lowest BCUT2D eigenvalue weighted by Crippen LogP contribution is -2.14. The number of rotatable bonds is 3. The fourth-order valence-electron chi connectivity index (χ4n) is 1.45. The van der Waals surface area contributed by atoms with Crippen molar-refractivity contribution < 1.29 is 13.2 Å². The molecule has 0 aliphatic heterocycles. The van der Waals surface area contributed by atoms with Gasteiger partial charge in [-0.2, -0.15) is 23.3 Å². The standard InChI is InChI=1S/C11H9F3N4O/c12-11(13,14)8-3-1-2-7(4-8)5-15-9-6-16-18-10(19)17-9/h1-4,6H,5H2,(H2,15,17,18,19). The van der Waals surface area contributed by atoms with Gasteiger partial charge in [0, 0.05) is 6.54 Å². The monoisotopic (exact) mass is 270 g/mol. The van der Waals surface area contributed by atoms with Crippen LogP contribution in [0.15, 0.2) is 35.3 Å². The van der Waals surface area contributed by atoms with E-state index >= 15 is 0 Å². The van der Waals surface area contributed by atoms with Gasteiger partial charge in [-0.05, 0) is 17.7 Å². The van der Waals surface area contributed by atoms with Gasteiger partial charge in [-0.1, -0.05) is 12.1 Å². The maximum atomic E-state index is 12.5. The van der Waals surface area contributed by atoms with Gasteiger partial charge in [0.25, 0.3) is 0 Å². The number of anilines is 1. The van der Waals surface area contributed by atoms with Crippen molar-refractivity contribution in [3.8, 4) is 0 Å². The van der Waals surface area contributed by atoms with E-state index in [1.165, 1.54) is 12.3 Å². The molecule has 0 saturated heterocycles. The Kier molecular flexibility index (Phi) is 3.50. The summed E-state index contributed by atoms with van der Waals surface area (Å²) in [4.78, 5) is 14.4. The molecular weight excluding hydrogens is 261 g/mol. The maximum absolute atomic E-state index is 12.5. The van der Waals surface area contributed by atoms with Crippen LogP contribution in [0.5, 0.6) is 0 Å². The van der Waals surface area contributed by atoms with Gasteiger partial charge in [0.05, 0.1) is 11.8 Å². The predicted octanol–water partition coefficient (Wildman–Crippen LogP) is 1.80. The highest BCUT2D eigenvalue weighted by atomic mass is 19.4. The lowest BCUT2D eigenvalue weighted by atomic mass is 10.1. The van der Waals surface area contributed by atoms with Crippen LogP contribution in [0.4, 0.5) is 19.0 Å². The highest BCUT2D eigenvalue weighted by Gasteiger charge is 2.30. The minimum absolute atomic E-state index is 0.113. The molecule has 100 valence electrons. The normalized spacial score (nSPS) is 11.3. The van der Waals surface area contributed by atoms with Gasteiger partial charge < -0.3 is 5.32 Å². The molecule has 2 N–H and O–H groups in total. The van der Waals surface area contributed by atoms with Gasteiger partial charge in [-0.25, -0.2) is 9.89 Å². The molecule has 0 aliphatic rings. The van der Waals surface area contributed by atoms with Gasteiger partial charge >= 0.3 is 11.9 Å². The molecular formula is C11H9F3N4O. The van der Waals surface area contributed by atoms with E-state index in [0.29, 0.717) is 5.56 Å². The van der Waals surface area contributed by atoms with Crippen molar-refractivity contribution in [3.05, 3.63) is 52.1 Å². The minimum atomic E-state index is -4.38. The number of hydrogen-bond donors (Lipinski definition) is 2. The lowest BCUT2D eigenvalue weighted by molar-refractivity contribution is -0.137. The first-order valence-electron chi connectivity index (χ1n) is 5.27. The number of aromatic nitrogens is 3. The summed E-state index contributed by atoms with van der Waals surface area (Å²) in [5, 5.41) is 8.32. The van der Waals surface area contributed by atoms with Crippen LogP contribution in [-0.4, -0.2) is 15.2 Å². The number of H-pyrrole nitrogens is 1. The molecule has 2 aromatic rings. The summed E-state index contributed by atoms with van der Waals surface area (Å²) in [6.07, 6.45) is -3.10. The van der Waals surface area contributed by atoms with Crippen molar-refractivity contribution in [1.29, 1.82) is 0 Å². The van der Waals surface area contributed by atoms with Gasteiger partial charge in [0.1, 0.15) is 0 Å². The molecule has 0 fully saturated rings. The summed E-state index contributed by atoms with van der Waals surface area (Å²) in [6.45, 7) is 0.113. The molecule has 0 bridgehead atoms. The zero-order chi connectivity index (χ0) is 13.9. The number of aromatic amines is 1. The molecule has 0 atom stereocenters. The van der Waals surface area contributed by atoms with E-state index < -0.39 is 17.4 Å². The molecule has 1 aromatic heterocycles. The highest BCUT2D eigenvalue weighted by Crippen LogP contribution is 2.29. The van der Waals surface area contributed by atoms with Crippen LogP contribution in [-0.2, 0) is 12.7 Å². The number of nitrogens with zero attached hydrogens (tertiary/aromatic N) is 2. The molecule has 2 rings (SSSR count). The Morgan fingerprint density at radius 1 is 1.32 bits per heavy atom. The summed E-state index contributed by atoms with van der Waals surface area (Å²) in [7, 11) is 0. The second-order valence-corrected chi connectivity index (χ2v) is 3.72. The molecule has 0 aliphatic carbocycles. The van der Waals surface area contributed by atoms with Crippen molar-refractivity contribution in [2.24, 2.45) is 0 Å². The van der Waals surface area contributed by atoms with Crippen LogP contribution < -0.4 is 11.0 Å². The van der Waals surface area contributed by atoms with Crippen LogP contribution in [0.2, 0.25) is 0 Å². The minimum Gasteiger partial charge on any atom is -0.364 e. The zero-order valence-electron chi connectivity index (χ0n) is 9.53.